The average molecular weight is 361 g/mol. The molecule has 10 heteroatoms. The highest BCUT2D eigenvalue weighted by molar-refractivity contribution is 7.98. The smallest absolute Gasteiger partial charge is 0.287 e. The van der Waals surface area contributed by atoms with Crippen molar-refractivity contribution < 1.29 is 18.5 Å². The fourth-order valence-electron chi connectivity index (χ4n) is 1.97. The Morgan fingerprint density at radius 1 is 1.36 bits per heavy atom. The molecule has 3 N–H and O–H groups in total. The standard InChI is InChI=1S/C15H15N5O4S/c1-20-5-4-17-15(20)25-8-9-2-3-12(23-9)14(22)18-7-10-6-11(13(16)21)19-24-10/h2-6H,7-8H2,1H3,(H2,16,21)(H,18,22). The van der Waals surface area contributed by atoms with E-state index in [1.807, 2.05) is 17.8 Å². The molecular weight excluding hydrogens is 346 g/mol. The number of aromatic nitrogens is 3. The minimum atomic E-state index is -0.692. The number of carbonyl (C=O) groups excluding carboxylic acids is 2. The molecule has 130 valence electrons. The summed E-state index contributed by atoms with van der Waals surface area (Å²) in [5.41, 5.74) is 5.09. The number of rotatable bonds is 7. The number of furan rings is 1. The van der Waals surface area contributed by atoms with Crippen LogP contribution in [-0.2, 0) is 19.3 Å². The highest BCUT2D eigenvalue weighted by Gasteiger charge is 2.14. The third kappa shape index (κ3) is 4.10. The Labute approximate surface area is 146 Å². The van der Waals surface area contributed by atoms with Gasteiger partial charge in [0.05, 0.1) is 12.3 Å². The minimum Gasteiger partial charge on any atom is -0.455 e. The van der Waals surface area contributed by atoms with Crippen LogP contribution in [0, 0.1) is 0 Å². The Hall–Kier alpha value is -3.01. The zero-order valence-corrected chi connectivity index (χ0v) is 14.1. The number of thioether (sulfide) groups is 1. The number of hydrogen-bond acceptors (Lipinski definition) is 7. The van der Waals surface area contributed by atoms with Crippen LogP contribution >= 0.6 is 11.8 Å². The van der Waals surface area contributed by atoms with Crippen molar-refractivity contribution in [3.63, 3.8) is 0 Å². The van der Waals surface area contributed by atoms with Gasteiger partial charge in [0.25, 0.3) is 11.8 Å². The molecule has 0 atom stereocenters. The Kier molecular flexibility index (Phi) is 4.89. The first kappa shape index (κ1) is 16.8. The summed E-state index contributed by atoms with van der Waals surface area (Å²) >= 11 is 1.51. The number of imidazole rings is 1. The van der Waals surface area contributed by atoms with Crippen LogP contribution in [0.15, 0.2) is 44.7 Å². The fraction of sp³-hybridized carbons (Fsp3) is 0.200. The van der Waals surface area contributed by atoms with Crippen molar-refractivity contribution in [2.24, 2.45) is 12.8 Å². The molecule has 3 aromatic rings. The summed E-state index contributed by atoms with van der Waals surface area (Å²) in [5, 5.41) is 6.97. The normalized spacial score (nSPS) is 10.8. The van der Waals surface area contributed by atoms with Gasteiger partial charge < -0.3 is 24.6 Å². The lowest BCUT2D eigenvalue weighted by atomic mass is 10.3. The SMILES string of the molecule is Cn1ccnc1SCc1ccc(C(=O)NCc2cc(C(N)=O)no2)o1. The molecule has 25 heavy (non-hydrogen) atoms. The van der Waals surface area contributed by atoms with Gasteiger partial charge in [0.15, 0.2) is 22.4 Å². The first-order valence-electron chi connectivity index (χ1n) is 7.25. The minimum absolute atomic E-state index is 0.0100. The monoisotopic (exact) mass is 361 g/mol. The molecule has 0 radical (unpaired) electrons. The summed E-state index contributed by atoms with van der Waals surface area (Å²) in [7, 11) is 1.91. The third-order valence-electron chi connectivity index (χ3n) is 3.24. The number of nitrogens with two attached hydrogens (primary N) is 1. The summed E-state index contributed by atoms with van der Waals surface area (Å²) < 4.78 is 12.3. The van der Waals surface area contributed by atoms with E-state index < -0.39 is 11.8 Å². The molecule has 0 saturated carbocycles. The van der Waals surface area contributed by atoms with Gasteiger partial charge >= 0.3 is 0 Å². The van der Waals surface area contributed by atoms with Gasteiger partial charge in [-0.15, -0.1) is 0 Å². The van der Waals surface area contributed by atoms with Gasteiger partial charge in [-0.1, -0.05) is 16.9 Å². The maximum atomic E-state index is 12.1. The topological polar surface area (TPSA) is 129 Å². The zero-order chi connectivity index (χ0) is 17.8. The summed E-state index contributed by atoms with van der Waals surface area (Å²) in [5.74, 6) is 0.632. The number of carbonyl (C=O) groups is 2. The van der Waals surface area contributed by atoms with Crippen LogP contribution < -0.4 is 11.1 Å². The molecule has 0 aromatic carbocycles. The Balaban J connectivity index is 1.53. The first-order chi connectivity index (χ1) is 12.0. The van der Waals surface area contributed by atoms with Crippen LogP contribution in [0.2, 0.25) is 0 Å². The van der Waals surface area contributed by atoms with Gasteiger partial charge in [-0.3, -0.25) is 9.59 Å². The maximum Gasteiger partial charge on any atom is 0.287 e. The van der Waals surface area contributed by atoms with Gasteiger partial charge in [0.2, 0.25) is 0 Å². The molecular formula is C15H15N5O4S. The fourth-order valence-corrected chi connectivity index (χ4v) is 2.80. The van der Waals surface area contributed by atoms with Gasteiger partial charge in [0, 0.05) is 25.5 Å². The van der Waals surface area contributed by atoms with Gasteiger partial charge in [-0.05, 0) is 12.1 Å². The number of primary amides is 1. The quantitative estimate of drug-likeness (QED) is 0.607. The number of aryl methyl sites for hydroxylation is 1. The summed E-state index contributed by atoms with van der Waals surface area (Å²) in [4.78, 5) is 27.2. The van der Waals surface area contributed by atoms with Crippen LogP contribution in [0.5, 0.6) is 0 Å². The lowest BCUT2D eigenvalue weighted by molar-refractivity contribution is 0.0916. The molecule has 0 aliphatic rings. The van der Waals surface area contributed by atoms with E-state index in [-0.39, 0.29) is 18.0 Å². The second kappa shape index (κ2) is 7.26. The van der Waals surface area contributed by atoms with Crippen molar-refractivity contribution >= 4 is 23.6 Å². The summed E-state index contributed by atoms with van der Waals surface area (Å²) in [6, 6.07) is 4.71. The second-order valence-electron chi connectivity index (χ2n) is 5.10. The van der Waals surface area contributed by atoms with E-state index in [1.165, 1.54) is 17.8 Å². The Morgan fingerprint density at radius 3 is 2.88 bits per heavy atom. The second-order valence-corrected chi connectivity index (χ2v) is 6.04. The molecule has 0 saturated heterocycles. The van der Waals surface area contributed by atoms with E-state index in [0.29, 0.717) is 17.3 Å². The molecule has 0 aliphatic heterocycles. The molecule has 3 aromatic heterocycles. The molecule has 0 unspecified atom stereocenters. The van der Waals surface area contributed by atoms with Crippen molar-refractivity contribution in [1.82, 2.24) is 20.0 Å². The molecule has 9 nitrogen and oxygen atoms in total. The van der Waals surface area contributed by atoms with Gasteiger partial charge in [-0.25, -0.2) is 4.98 Å². The maximum absolute atomic E-state index is 12.1. The van der Waals surface area contributed by atoms with Crippen LogP contribution in [0.3, 0.4) is 0 Å². The van der Waals surface area contributed by atoms with E-state index in [4.69, 9.17) is 14.7 Å². The van der Waals surface area contributed by atoms with E-state index in [2.05, 4.69) is 15.5 Å². The van der Waals surface area contributed by atoms with Crippen LogP contribution in [0.25, 0.3) is 0 Å². The van der Waals surface area contributed by atoms with E-state index in [0.717, 1.165) is 5.16 Å². The Bertz CT molecular complexity index is 897. The van der Waals surface area contributed by atoms with Crippen molar-refractivity contribution in [3.8, 4) is 0 Å². The van der Waals surface area contributed by atoms with Gasteiger partial charge in [-0.2, -0.15) is 0 Å². The van der Waals surface area contributed by atoms with Crippen molar-refractivity contribution in [2.75, 3.05) is 0 Å². The van der Waals surface area contributed by atoms with Crippen molar-refractivity contribution in [1.29, 1.82) is 0 Å². The van der Waals surface area contributed by atoms with Crippen LogP contribution in [0.4, 0.5) is 0 Å². The van der Waals surface area contributed by atoms with Crippen LogP contribution in [0.1, 0.15) is 32.6 Å². The molecule has 0 aliphatic carbocycles. The highest BCUT2D eigenvalue weighted by atomic mass is 32.2. The zero-order valence-electron chi connectivity index (χ0n) is 13.3. The first-order valence-corrected chi connectivity index (χ1v) is 8.24. The predicted molar refractivity (Wildman–Crippen MR) is 87.7 cm³/mol. The third-order valence-corrected chi connectivity index (χ3v) is 4.32. The molecule has 3 heterocycles. The van der Waals surface area contributed by atoms with E-state index >= 15 is 0 Å². The number of hydrogen-bond donors (Lipinski definition) is 2. The molecule has 3 rings (SSSR count). The van der Waals surface area contributed by atoms with Crippen LogP contribution in [-0.4, -0.2) is 26.5 Å². The van der Waals surface area contributed by atoms with E-state index in [1.54, 1.807) is 18.3 Å². The van der Waals surface area contributed by atoms with Crippen molar-refractivity contribution in [3.05, 3.63) is 53.6 Å². The van der Waals surface area contributed by atoms with Crippen molar-refractivity contribution in [2.45, 2.75) is 17.5 Å². The number of nitrogens with one attached hydrogen (secondary N) is 1. The molecule has 0 spiro atoms. The summed E-state index contributed by atoms with van der Waals surface area (Å²) in [6.07, 6.45) is 3.58. The summed E-state index contributed by atoms with van der Waals surface area (Å²) in [6.45, 7) is 0.0666. The lowest BCUT2D eigenvalue weighted by Gasteiger charge is -2.00. The lowest BCUT2D eigenvalue weighted by Crippen LogP contribution is -2.22. The number of nitrogens with zero attached hydrogens (tertiary/aromatic N) is 3. The highest BCUT2D eigenvalue weighted by Crippen LogP contribution is 2.21. The van der Waals surface area contributed by atoms with E-state index in [9.17, 15) is 9.59 Å². The number of amides is 2. The average Bonchev–Trinajstić information content (AvgIpc) is 3.31. The molecule has 0 fully saturated rings. The van der Waals surface area contributed by atoms with Gasteiger partial charge in [0.1, 0.15) is 5.76 Å². The molecule has 2 amide bonds. The Morgan fingerprint density at radius 2 is 2.20 bits per heavy atom. The largest absolute Gasteiger partial charge is 0.455 e. The molecule has 0 bridgehead atoms. The predicted octanol–water partition coefficient (Wildman–Crippen LogP) is 1.32.